The smallest absolute Gasteiger partial charge is 0.239 e. The molecule has 0 unspecified atom stereocenters. The Balaban J connectivity index is 1.92. The first-order valence-electron chi connectivity index (χ1n) is 5.42. The van der Waals surface area contributed by atoms with Gasteiger partial charge in [0.25, 0.3) is 0 Å². The van der Waals surface area contributed by atoms with Crippen molar-refractivity contribution in [1.29, 1.82) is 0 Å². The van der Waals surface area contributed by atoms with Crippen molar-refractivity contribution < 1.29 is 14.7 Å². The number of carbonyl (C=O) groups excluding carboxylic acids is 2. The molecule has 1 heterocycles. The summed E-state index contributed by atoms with van der Waals surface area (Å²) in [5, 5.41) is 9.53. The minimum atomic E-state index is -0.180. The largest absolute Gasteiger partial charge is 0.507 e. The van der Waals surface area contributed by atoms with E-state index in [4.69, 9.17) is 0 Å². The summed E-state index contributed by atoms with van der Waals surface area (Å²) in [5.41, 5.74) is 0. The molecule has 0 saturated carbocycles. The predicted molar refractivity (Wildman–Crippen MR) is 64.8 cm³/mol. The lowest BCUT2D eigenvalue weighted by Crippen LogP contribution is -2.33. The molecule has 1 fully saturated rings. The number of nitrogens with zero attached hydrogens (tertiary/aromatic N) is 1. The molecule has 4 nitrogen and oxygen atoms in total. The Bertz CT molecular complexity index is 447. The van der Waals surface area contributed by atoms with Gasteiger partial charge in [0.15, 0.2) is 0 Å². The third-order valence-corrected chi connectivity index (χ3v) is 3.64. The zero-order valence-corrected chi connectivity index (χ0v) is 10.1. The lowest BCUT2D eigenvalue weighted by atomic mass is 10.3. The third kappa shape index (κ3) is 2.79. The zero-order valence-electron chi connectivity index (χ0n) is 9.26. The van der Waals surface area contributed by atoms with Crippen LogP contribution in [-0.2, 0) is 9.59 Å². The van der Waals surface area contributed by atoms with Gasteiger partial charge < -0.3 is 5.11 Å². The van der Waals surface area contributed by atoms with E-state index in [2.05, 4.69) is 0 Å². The van der Waals surface area contributed by atoms with Crippen molar-refractivity contribution in [3.05, 3.63) is 24.3 Å². The van der Waals surface area contributed by atoms with Gasteiger partial charge in [-0.2, -0.15) is 0 Å². The van der Waals surface area contributed by atoms with Gasteiger partial charge in [-0.05, 0) is 18.6 Å². The number of imide groups is 1. The molecule has 0 bridgehead atoms. The molecule has 5 heteroatoms. The van der Waals surface area contributed by atoms with E-state index in [1.54, 1.807) is 24.3 Å². The van der Waals surface area contributed by atoms with Crippen LogP contribution in [0.1, 0.15) is 12.8 Å². The van der Waals surface area contributed by atoms with Crippen molar-refractivity contribution in [3.63, 3.8) is 0 Å². The molecule has 90 valence electrons. The van der Waals surface area contributed by atoms with Crippen LogP contribution in [0.5, 0.6) is 5.75 Å². The molecule has 0 aliphatic carbocycles. The SMILES string of the molecule is O=C1CCCN1C(=O)CSc1ccccc1O. The maximum absolute atomic E-state index is 11.7. The number of carbonyl (C=O) groups is 2. The van der Waals surface area contributed by atoms with Crippen LogP contribution in [-0.4, -0.2) is 34.1 Å². The number of aromatic hydroxyl groups is 1. The maximum atomic E-state index is 11.7. The Morgan fingerprint density at radius 2 is 2.18 bits per heavy atom. The van der Waals surface area contributed by atoms with Gasteiger partial charge >= 0.3 is 0 Å². The second-order valence-electron chi connectivity index (χ2n) is 3.80. The van der Waals surface area contributed by atoms with Gasteiger partial charge in [-0.25, -0.2) is 0 Å². The predicted octanol–water partition coefficient (Wildman–Crippen LogP) is 1.63. The molecular weight excluding hydrogens is 238 g/mol. The Labute approximate surface area is 104 Å². The summed E-state index contributed by atoms with van der Waals surface area (Å²) >= 11 is 1.25. The number of hydrogen-bond donors (Lipinski definition) is 1. The Morgan fingerprint density at radius 1 is 1.41 bits per heavy atom. The molecule has 0 atom stereocenters. The molecule has 2 rings (SSSR count). The van der Waals surface area contributed by atoms with Gasteiger partial charge in [-0.1, -0.05) is 12.1 Å². The highest BCUT2D eigenvalue weighted by molar-refractivity contribution is 8.00. The molecule has 1 aliphatic heterocycles. The number of hydrogen-bond acceptors (Lipinski definition) is 4. The molecule has 0 radical (unpaired) electrons. The average Bonchev–Trinajstić information content (AvgIpc) is 2.74. The van der Waals surface area contributed by atoms with Crippen LogP contribution in [0.3, 0.4) is 0 Å². The molecule has 1 saturated heterocycles. The van der Waals surface area contributed by atoms with E-state index in [0.717, 1.165) is 6.42 Å². The number of benzene rings is 1. The van der Waals surface area contributed by atoms with Crippen molar-refractivity contribution in [1.82, 2.24) is 4.90 Å². The van der Waals surface area contributed by atoms with E-state index < -0.39 is 0 Å². The standard InChI is InChI=1S/C12H13NO3S/c14-9-4-1-2-5-10(9)17-8-12(16)13-7-3-6-11(13)15/h1-2,4-5,14H,3,6-8H2. The van der Waals surface area contributed by atoms with Crippen molar-refractivity contribution >= 4 is 23.6 Å². The molecule has 1 aromatic rings. The van der Waals surface area contributed by atoms with Crippen molar-refractivity contribution in [2.45, 2.75) is 17.7 Å². The third-order valence-electron chi connectivity index (χ3n) is 2.59. The monoisotopic (exact) mass is 251 g/mol. The fourth-order valence-corrected chi connectivity index (χ4v) is 2.53. The Kier molecular flexibility index (Phi) is 3.68. The lowest BCUT2D eigenvalue weighted by molar-refractivity contribution is -0.140. The maximum Gasteiger partial charge on any atom is 0.239 e. The van der Waals surface area contributed by atoms with Crippen molar-refractivity contribution in [2.75, 3.05) is 12.3 Å². The average molecular weight is 251 g/mol. The molecule has 0 spiro atoms. The highest BCUT2D eigenvalue weighted by atomic mass is 32.2. The Hall–Kier alpha value is -1.49. The van der Waals surface area contributed by atoms with Crippen LogP contribution in [0.15, 0.2) is 29.2 Å². The first kappa shape index (κ1) is 12.0. The molecule has 1 aromatic carbocycles. The van der Waals surface area contributed by atoms with Crippen molar-refractivity contribution in [3.8, 4) is 5.75 Å². The summed E-state index contributed by atoms with van der Waals surface area (Å²) in [6.07, 6.45) is 1.22. The molecule has 1 N–H and O–H groups in total. The van der Waals surface area contributed by atoms with Gasteiger partial charge in [-0.15, -0.1) is 11.8 Å². The summed E-state index contributed by atoms with van der Waals surface area (Å²) in [6.45, 7) is 0.527. The molecular formula is C12H13NO3S. The molecule has 17 heavy (non-hydrogen) atoms. The number of rotatable bonds is 3. The number of phenols is 1. The molecule has 1 aliphatic rings. The normalized spacial score (nSPS) is 15.3. The summed E-state index contributed by atoms with van der Waals surface area (Å²) in [5.74, 6) is 0.0789. The topological polar surface area (TPSA) is 57.6 Å². The van der Waals surface area contributed by atoms with Crippen LogP contribution in [0, 0.1) is 0 Å². The minimum Gasteiger partial charge on any atom is -0.507 e. The van der Waals surface area contributed by atoms with Gasteiger partial charge in [0.1, 0.15) is 5.75 Å². The van der Waals surface area contributed by atoms with E-state index >= 15 is 0 Å². The summed E-state index contributed by atoms with van der Waals surface area (Å²) in [6, 6.07) is 6.85. The minimum absolute atomic E-state index is 0.0899. The first-order valence-corrected chi connectivity index (χ1v) is 6.41. The highest BCUT2D eigenvalue weighted by Gasteiger charge is 2.26. The van der Waals surface area contributed by atoms with Gasteiger partial charge in [0.05, 0.1) is 5.75 Å². The zero-order chi connectivity index (χ0) is 12.3. The quantitative estimate of drug-likeness (QED) is 0.830. The highest BCUT2D eigenvalue weighted by Crippen LogP contribution is 2.28. The van der Waals surface area contributed by atoms with Crippen LogP contribution in [0.4, 0.5) is 0 Å². The van der Waals surface area contributed by atoms with E-state index in [1.165, 1.54) is 16.7 Å². The van der Waals surface area contributed by atoms with Crippen LogP contribution < -0.4 is 0 Å². The van der Waals surface area contributed by atoms with Gasteiger partial charge in [-0.3, -0.25) is 14.5 Å². The fourth-order valence-electron chi connectivity index (χ4n) is 1.71. The van der Waals surface area contributed by atoms with Crippen LogP contribution in [0.2, 0.25) is 0 Å². The van der Waals surface area contributed by atoms with Crippen molar-refractivity contribution in [2.24, 2.45) is 0 Å². The van der Waals surface area contributed by atoms with E-state index in [0.29, 0.717) is 17.9 Å². The first-order chi connectivity index (χ1) is 8.18. The van der Waals surface area contributed by atoms with E-state index in [1.807, 2.05) is 0 Å². The lowest BCUT2D eigenvalue weighted by Gasteiger charge is -2.13. The number of para-hydroxylation sites is 1. The second kappa shape index (κ2) is 5.23. The second-order valence-corrected chi connectivity index (χ2v) is 4.82. The summed E-state index contributed by atoms with van der Waals surface area (Å²) in [7, 11) is 0. The summed E-state index contributed by atoms with van der Waals surface area (Å²) < 4.78 is 0. The fraction of sp³-hybridized carbons (Fsp3) is 0.333. The molecule has 2 amide bonds. The van der Waals surface area contributed by atoms with Gasteiger partial charge in [0.2, 0.25) is 11.8 Å². The Morgan fingerprint density at radius 3 is 2.82 bits per heavy atom. The van der Waals surface area contributed by atoms with Gasteiger partial charge in [0, 0.05) is 17.9 Å². The van der Waals surface area contributed by atoms with E-state index in [-0.39, 0.29) is 23.3 Å². The number of amides is 2. The number of thioether (sulfide) groups is 1. The summed E-state index contributed by atoms with van der Waals surface area (Å²) in [4.78, 5) is 25.0. The molecule has 0 aromatic heterocycles. The van der Waals surface area contributed by atoms with Crippen LogP contribution >= 0.6 is 11.8 Å². The number of likely N-dealkylation sites (tertiary alicyclic amines) is 1. The van der Waals surface area contributed by atoms with E-state index in [9.17, 15) is 14.7 Å². The number of phenolic OH excluding ortho intramolecular Hbond substituents is 1. The van der Waals surface area contributed by atoms with Crippen LogP contribution in [0.25, 0.3) is 0 Å².